The molecule has 3 aliphatic rings. The Bertz CT molecular complexity index is 199. The van der Waals surface area contributed by atoms with Crippen LogP contribution in [0.2, 0.25) is 0 Å². The minimum Gasteiger partial charge on any atom is -0.352 e. The van der Waals surface area contributed by atoms with E-state index in [0.29, 0.717) is 17.9 Å². The van der Waals surface area contributed by atoms with E-state index in [0.717, 1.165) is 11.8 Å². The Morgan fingerprint density at radius 3 is 2.70 bits per heavy atom. The van der Waals surface area contributed by atoms with E-state index in [1.54, 1.807) is 0 Å². The van der Waals surface area contributed by atoms with Crippen LogP contribution in [0, 0.1) is 17.8 Å². The Kier molecular flexibility index (Phi) is 0.715. The van der Waals surface area contributed by atoms with Gasteiger partial charge in [0.1, 0.15) is 0 Å². The number of rotatable bonds is 0. The standard InChI is InChI=1S/C8H11NO/c10-8-6-4-1-2-5(3-4)7(6)9-8/h4-7H,1-3H2,(H,9,10)/t4-,5-,6-,7-/m1/s1. The lowest BCUT2D eigenvalue weighted by Crippen LogP contribution is -2.60. The summed E-state index contributed by atoms with van der Waals surface area (Å²) in [6.45, 7) is 0. The van der Waals surface area contributed by atoms with Gasteiger partial charge >= 0.3 is 0 Å². The molecule has 0 spiro atoms. The lowest BCUT2D eigenvalue weighted by atomic mass is 9.78. The smallest absolute Gasteiger partial charge is 0.225 e. The fraction of sp³-hybridized carbons (Fsp3) is 0.875. The highest BCUT2D eigenvalue weighted by atomic mass is 16.2. The van der Waals surface area contributed by atoms with Crippen molar-refractivity contribution in [2.75, 3.05) is 0 Å². The maximum atomic E-state index is 11.0. The zero-order chi connectivity index (χ0) is 6.72. The number of hydrogen-bond donors (Lipinski definition) is 1. The Labute approximate surface area is 60.0 Å². The second-order valence-electron chi connectivity index (χ2n) is 3.89. The predicted molar refractivity (Wildman–Crippen MR) is 36.3 cm³/mol. The zero-order valence-corrected chi connectivity index (χ0v) is 5.84. The summed E-state index contributed by atoms with van der Waals surface area (Å²) >= 11 is 0. The van der Waals surface area contributed by atoms with E-state index < -0.39 is 0 Å². The number of β-lactam (4-membered cyclic amide) rings is 1. The van der Waals surface area contributed by atoms with Crippen LogP contribution in [0.25, 0.3) is 0 Å². The first-order valence-corrected chi connectivity index (χ1v) is 4.16. The minimum atomic E-state index is 0.331. The van der Waals surface area contributed by atoms with Crippen molar-refractivity contribution in [3.63, 3.8) is 0 Å². The van der Waals surface area contributed by atoms with Crippen molar-refractivity contribution in [1.82, 2.24) is 5.32 Å². The summed E-state index contributed by atoms with van der Waals surface area (Å²) < 4.78 is 0. The number of fused-ring (bicyclic) bond motifs is 5. The number of carbonyl (C=O) groups excluding carboxylic acids is 1. The molecule has 2 nitrogen and oxygen atoms in total. The maximum Gasteiger partial charge on any atom is 0.225 e. The molecule has 3 fully saturated rings. The molecule has 2 heteroatoms. The van der Waals surface area contributed by atoms with Gasteiger partial charge in [0.15, 0.2) is 0 Å². The van der Waals surface area contributed by atoms with Crippen LogP contribution >= 0.6 is 0 Å². The normalized spacial score (nSPS) is 55.8. The third-order valence-corrected chi connectivity index (χ3v) is 3.53. The van der Waals surface area contributed by atoms with Crippen LogP contribution < -0.4 is 5.32 Å². The quantitative estimate of drug-likeness (QED) is 0.485. The van der Waals surface area contributed by atoms with Gasteiger partial charge in [0, 0.05) is 6.04 Å². The molecule has 1 heterocycles. The molecule has 2 saturated carbocycles. The van der Waals surface area contributed by atoms with Crippen molar-refractivity contribution in [2.45, 2.75) is 25.3 Å². The first kappa shape index (κ1) is 5.16. The van der Waals surface area contributed by atoms with Crippen molar-refractivity contribution in [3.8, 4) is 0 Å². The molecule has 54 valence electrons. The Balaban J connectivity index is 1.95. The van der Waals surface area contributed by atoms with E-state index >= 15 is 0 Å². The fourth-order valence-corrected chi connectivity index (χ4v) is 3.04. The van der Waals surface area contributed by atoms with E-state index in [2.05, 4.69) is 5.32 Å². The van der Waals surface area contributed by atoms with Crippen LogP contribution in [0.5, 0.6) is 0 Å². The molecular weight excluding hydrogens is 126 g/mol. The van der Waals surface area contributed by atoms with E-state index in [1.165, 1.54) is 19.3 Å². The molecule has 1 saturated heterocycles. The highest BCUT2D eigenvalue weighted by Gasteiger charge is 2.57. The third-order valence-electron chi connectivity index (χ3n) is 3.53. The molecule has 2 aliphatic carbocycles. The molecule has 0 aromatic carbocycles. The van der Waals surface area contributed by atoms with Gasteiger partial charge in [-0.05, 0) is 31.1 Å². The van der Waals surface area contributed by atoms with Crippen molar-refractivity contribution < 1.29 is 4.79 Å². The van der Waals surface area contributed by atoms with Gasteiger partial charge in [0.2, 0.25) is 5.91 Å². The molecule has 1 amide bonds. The SMILES string of the molecule is O=C1N[C@@H]2[C@@H]3CC[C@H](C3)[C@@H]12. The van der Waals surface area contributed by atoms with E-state index in [9.17, 15) is 4.79 Å². The van der Waals surface area contributed by atoms with Crippen LogP contribution in [0.4, 0.5) is 0 Å². The van der Waals surface area contributed by atoms with E-state index in [-0.39, 0.29) is 0 Å². The van der Waals surface area contributed by atoms with Gasteiger partial charge < -0.3 is 5.32 Å². The lowest BCUT2D eigenvalue weighted by Gasteiger charge is -2.39. The molecule has 10 heavy (non-hydrogen) atoms. The summed E-state index contributed by atoms with van der Waals surface area (Å²) in [6, 6.07) is 0.603. The van der Waals surface area contributed by atoms with Gasteiger partial charge in [-0.15, -0.1) is 0 Å². The molecule has 0 unspecified atom stereocenters. The average Bonchev–Trinajstić information content (AvgIpc) is 2.40. The van der Waals surface area contributed by atoms with Crippen LogP contribution in [0.3, 0.4) is 0 Å². The number of amides is 1. The molecule has 1 aliphatic heterocycles. The molecule has 0 aromatic heterocycles. The van der Waals surface area contributed by atoms with Crippen molar-refractivity contribution in [3.05, 3.63) is 0 Å². The Hall–Kier alpha value is -0.530. The predicted octanol–water partition coefficient (Wildman–Crippen LogP) is 0.531. The maximum absolute atomic E-state index is 11.0. The van der Waals surface area contributed by atoms with Crippen molar-refractivity contribution >= 4 is 5.91 Å². The van der Waals surface area contributed by atoms with Crippen molar-refractivity contribution in [2.24, 2.45) is 17.8 Å². The summed E-state index contributed by atoms with van der Waals surface area (Å²) in [4.78, 5) is 11.0. The highest BCUT2D eigenvalue weighted by molar-refractivity contribution is 5.87. The molecule has 2 bridgehead atoms. The van der Waals surface area contributed by atoms with Gasteiger partial charge in [-0.3, -0.25) is 4.79 Å². The van der Waals surface area contributed by atoms with Crippen LogP contribution in [-0.4, -0.2) is 11.9 Å². The topological polar surface area (TPSA) is 29.1 Å². The summed E-state index contributed by atoms with van der Waals surface area (Å²) in [5.74, 6) is 2.40. The summed E-state index contributed by atoms with van der Waals surface area (Å²) in [5, 5.41) is 3.00. The van der Waals surface area contributed by atoms with Gasteiger partial charge in [0.05, 0.1) is 5.92 Å². The largest absolute Gasteiger partial charge is 0.352 e. The summed E-state index contributed by atoms with van der Waals surface area (Å²) in [5.41, 5.74) is 0. The van der Waals surface area contributed by atoms with Crippen molar-refractivity contribution in [1.29, 1.82) is 0 Å². The monoisotopic (exact) mass is 137 g/mol. The number of carbonyl (C=O) groups is 1. The van der Waals surface area contributed by atoms with Crippen LogP contribution in [-0.2, 0) is 4.79 Å². The minimum absolute atomic E-state index is 0.331. The second kappa shape index (κ2) is 1.39. The molecule has 0 radical (unpaired) electrons. The average molecular weight is 137 g/mol. The lowest BCUT2D eigenvalue weighted by molar-refractivity contribution is -0.137. The van der Waals surface area contributed by atoms with Gasteiger partial charge in [-0.1, -0.05) is 0 Å². The molecule has 0 aromatic rings. The summed E-state index contributed by atoms with van der Waals surface area (Å²) in [7, 11) is 0. The zero-order valence-electron chi connectivity index (χ0n) is 5.84. The molecule has 4 atom stereocenters. The fourth-order valence-electron chi connectivity index (χ4n) is 3.04. The first-order valence-electron chi connectivity index (χ1n) is 4.16. The van der Waals surface area contributed by atoms with E-state index in [4.69, 9.17) is 0 Å². The van der Waals surface area contributed by atoms with Crippen LogP contribution in [0.15, 0.2) is 0 Å². The Morgan fingerprint density at radius 2 is 2.10 bits per heavy atom. The van der Waals surface area contributed by atoms with Gasteiger partial charge in [-0.2, -0.15) is 0 Å². The molecule has 1 N–H and O–H groups in total. The number of nitrogens with one attached hydrogen (secondary N) is 1. The van der Waals surface area contributed by atoms with Crippen LogP contribution in [0.1, 0.15) is 19.3 Å². The first-order chi connectivity index (χ1) is 4.86. The number of hydrogen-bond acceptors (Lipinski definition) is 1. The van der Waals surface area contributed by atoms with E-state index in [1.807, 2.05) is 0 Å². The third kappa shape index (κ3) is 0.386. The Morgan fingerprint density at radius 1 is 1.30 bits per heavy atom. The van der Waals surface area contributed by atoms with Gasteiger partial charge in [-0.25, -0.2) is 0 Å². The highest BCUT2D eigenvalue weighted by Crippen LogP contribution is 2.51. The van der Waals surface area contributed by atoms with Gasteiger partial charge in [0.25, 0.3) is 0 Å². The molecule has 3 rings (SSSR count). The molecular formula is C8H11NO. The second-order valence-corrected chi connectivity index (χ2v) is 3.89. The summed E-state index contributed by atoms with van der Waals surface area (Å²) in [6.07, 6.45) is 4.01.